The highest BCUT2D eigenvalue weighted by atomic mass is 16.5. The lowest BCUT2D eigenvalue weighted by atomic mass is 9.98. The topological polar surface area (TPSA) is 13.7 Å². The summed E-state index contributed by atoms with van der Waals surface area (Å²) in [6.07, 6.45) is 5.16. The molecule has 1 heterocycles. The van der Waals surface area contributed by atoms with E-state index in [1.165, 1.54) is 44.5 Å². The van der Waals surface area contributed by atoms with Gasteiger partial charge in [0, 0.05) is 19.3 Å². The summed E-state index contributed by atoms with van der Waals surface area (Å²) in [5.74, 6) is 1.67. The Morgan fingerprint density at radius 3 is 2.68 bits per heavy atom. The second-order valence-electron chi connectivity index (χ2n) is 5.76. The van der Waals surface area contributed by atoms with Gasteiger partial charge in [0.15, 0.2) is 0 Å². The molecule has 0 bridgehead atoms. The Morgan fingerprint density at radius 1 is 1.21 bits per heavy atom. The van der Waals surface area contributed by atoms with E-state index in [4.69, 9.17) is 4.74 Å². The Balaban J connectivity index is 1.78. The van der Waals surface area contributed by atoms with Crippen LogP contribution in [0.1, 0.15) is 51.0 Å². The zero-order valence-corrected chi connectivity index (χ0v) is 12.5. The van der Waals surface area contributed by atoms with Gasteiger partial charge in [-0.15, -0.1) is 0 Å². The quantitative estimate of drug-likeness (QED) is 0.746. The van der Waals surface area contributed by atoms with E-state index in [1.54, 1.807) is 4.90 Å². The number of hydrogen-bond donors (Lipinski definition) is 1. The summed E-state index contributed by atoms with van der Waals surface area (Å²) in [6, 6.07) is 8.51. The number of nitrogens with one attached hydrogen (secondary N) is 1. The number of benzene rings is 1. The average molecular weight is 262 g/mol. The number of hydrogen-bond acceptors (Lipinski definition) is 1. The molecule has 106 valence electrons. The molecular weight excluding hydrogens is 234 g/mol. The second-order valence-corrected chi connectivity index (χ2v) is 5.76. The fraction of sp³-hybridized carbons (Fsp3) is 0.647. The molecule has 1 aliphatic rings. The zero-order valence-electron chi connectivity index (χ0n) is 12.5. The lowest BCUT2D eigenvalue weighted by molar-refractivity contribution is -0.887. The summed E-state index contributed by atoms with van der Waals surface area (Å²) in [6.45, 7) is 9.37. The van der Waals surface area contributed by atoms with Crippen LogP contribution < -0.4 is 9.64 Å². The summed E-state index contributed by atoms with van der Waals surface area (Å²) < 4.78 is 6.01. The average Bonchev–Trinajstić information content (AvgIpc) is 2.96. The van der Waals surface area contributed by atoms with Crippen LogP contribution in [0, 0.1) is 0 Å². The normalized spacial score (nSPS) is 17.6. The van der Waals surface area contributed by atoms with E-state index in [2.05, 4.69) is 38.1 Å². The molecular formula is C17H28NO+. The number of likely N-dealkylation sites (tertiary alicyclic amines) is 1. The number of para-hydroxylation sites is 1. The van der Waals surface area contributed by atoms with Gasteiger partial charge < -0.3 is 9.64 Å². The summed E-state index contributed by atoms with van der Waals surface area (Å²) in [4.78, 5) is 1.76. The largest absolute Gasteiger partial charge is 0.493 e. The summed E-state index contributed by atoms with van der Waals surface area (Å²) in [5, 5.41) is 0. The molecule has 1 aromatic carbocycles. The maximum absolute atomic E-state index is 6.01. The summed E-state index contributed by atoms with van der Waals surface area (Å²) in [5.41, 5.74) is 1.36. The fourth-order valence-electron chi connectivity index (χ4n) is 2.87. The van der Waals surface area contributed by atoms with Gasteiger partial charge in [0.05, 0.1) is 26.2 Å². The molecule has 1 N–H and O–H groups in total. The van der Waals surface area contributed by atoms with Crippen LogP contribution in [0.5, 0.6) is 5.75 Å². The monoisotopic (exact) mass is 262 g/mol. The zero-order chi connectivity index (χ0) is 13.5. The van der Waals surface area contributed by atoms with E-state index in [-0.39, 0.29) is 0 Å². The van der Waals surface area contributed by atoms with Crippen molar-refractivity contribution in [1.29, 1.82) is 0 Å². The van der Waals surface area contributed by atoms with Crippen LogP contribution in [-0.2, 0) is 0 Å². The van der Waals surface area contributed by atoms with Gasteiger partial charge >= 0.3 is 0 Å². The first-order valence-electron chi connectivity index (χ1n) is 7.86. The first-order chi connectivity index (χ1) is 9.31. The SMILES string of the molecule is CC[C@@H](C)c1ccccc1OCCC[NH+]1CCCC1. The third-order valence-electron chi connectivity index (χ3n) is 4.31. The predicted molar refractivity (Wildman–Crippen MR) is 80.1 cm³/mol. The second kappa shape index (κ2) is 7.54. The van der Waals surface area contributed by atoms with Crippen molar-refractivity contribution in [2.75, 3.05) is 26.2 Å². The number of rotatable bonds is 7. The predicted octanol–water partition coefficient (Wildman–Crippen LogP) is 2.65. The van der Waals surface area contributed by atoms with E-state index in [1.807, 2.05) is 0 Å². The molecule has 0 saturated carbocycles. The molecule has 2 rings (SSSR count). The Hall–Kier alpha value is -1.02. The van der Waals surface area contributed by atoms with Crippen molar-refractivity contribution >= 4 is 0 Å². The van der Waals surface area contributed by atoms with Crippen molar-refractivity contribution in [2.24, 2.45) is 0 Å². The molecule has 2 nitrogen and oxygen atoms in total. The van der Waals surface area contributed by atoms with Gasteiger partial charge in [0.25, 0.3) is 0 Å². The van der Waals surface area contributed by atoms with Crippen molar-refractivity contribution in [3.8, 4) is 5.75 Å². The molecule has 1 atom stereocenters. The van der Waals surface area contributed by atoms with Crippen molar-refractivity contribution < 1.29 is 9.64 Å². The van der Waals surface area contributed by atoms with E-state index < -0.39 is 0 Å². The molecule has 1 aromatic rings. The molecule has 0 aromatic heterocycles. The highest BCUT2D eigenvalue weighted by Crippen LogP contribution is 2.28. The Morgan fingerprint density at radius 2 is 1.95 bits per heavy atom. The molecule has 1 saturated heterocycles. The van der Waals surface area contributed by atoms with Crippen molar-refractivity contribution in [3.05, 3.63) is 29.8 Å². The van der Waals surface area contributed by atoms with Crippen LogP contribution in [0.3, 0.4) is 0 Å². The molecule has 1 fully saturated rings. The third kappa shape index (κ3) is 4.24. The number of quaternary nitrogens is 1. The summed E-state index contributed by atoms with van der Waals surface area (Å²) in [7, 11) is 0. The van der Waals surface area contributed by atoms with Crippen LogP contribution in [-0.4, -0.2) is 26.2 Å². The molecule has 19 heavy (non-hydrogen) atoms. The van der Waals surface area contributed by atoms with Crippen LogP contribution in [0.4, 0.5) is 0 Å². The molecule has 2 heteroatoms. The smallest absolute Gasteiger partial charge is 0.122 e. The van der Waals surface area contributed by atoms with Crippen LogP contribution in [0.15, 0.2) is 24.3 Å². The van der Waals surface area contributed by atoms with Crippen molar-refractivity contribution in [2.45, 2.75) is 45.4 Å². The highest BCUT2D eigenvalue weighted by molar-refractivity contribution is 5.35. The fourth-order valence-corrected chi connectivity index (χ4v) is 2.87. The van der Waals surface area contributed by atoms with Crippen LogP contribution in [0.25, 0.3) is 0 Å². The first kappa shape index (κ1) is 14.4. The van der Waals surface area contributed by atoms with Gasteiger partial charge in [-0.05, 0) is 24.0 Å². The van der Waals surface area contributed by atoms with Gasteiger partial charge in [0.1, 0.15) is 5.75 Å². The van der Waals surface area contributed by atoms with E-state index in [0.717, 1.165) is 18.8 Å². The maximum atomic E-state index is 6.01. The highest BCUT2D eigenvalue weighted by Gasteiger charge is 2.14. The molecule has 1 aliphatic heterocycles. The van der Waals surface area contributed by atoms with Crippen LogP contribution >= 0.6 is 0 Å². The molecule has 0 aliphatic carbocycles. The van der Waals surface area contributed by atoms with Gasteiger partial charge in [-0.2, -0.15) is 0 Å². The lowest BCUT2D eigenvalue weighted by Gasteiger charge is -2.16. The molecule has 0 radical (unpaired) electrons. The minimum Gasteiger partial charge on any atom is -0.493 e. The lowest BCUT2D eigenvalue weighted by Crippen LogP contribution is -3.10. The van der Waals surface area contributed by atoms with Crippen molar-refractivity contribution in [3.63, 3.8) is 0 Å². The Bertz CT molecular complexity index is 371. The first-order valence-corrected chi connectivity index (χ1v) is 7.86. The summed E-state index contributed by atoms with van der Waals surface area (Å²) >= 11 is 0. The van der Waals surface area contributed by atoms with E-state index >= 15 is 0 Å². The minimum atomic E-state index is 0.584. The molecule has 0 unspecified atom stereocenters. The van der Waals surface area contributed by atoms with Gasteiger partial charge in [-0.25, -0.2) is 0 Å². The van der Waals surface area contributed by atoms with Gasteiger partial charge in [0.2, 0.25) is 0 Å². The Kier molecular flexibility index (Phi) is 5.71. The van der Waals surface area contributed by atoms with Gasteiger partial charge in [-0.1, -0.05) is 32.0 Å². The standard InChI is InChI=1S/C17H27NO/c1-3-15(2)16-9-4-5-10-17(16)19-14-8-13-18-11-6-7-12-18/h4-5,9-10,15H,3,6-8,11-14H2,1-2H3/p+1/t15-/m1/s1. The third-order valence-corrected chi connectivity index (χ3v) is 4.31. The minimum absolute atomic E-state index is 0.584. The molecule has 0 spiro atoms. The van der Waals surface area contributed by atoms with Crippen molar-refractivity contribution in [1.82, 2.24) is 0 Å². The van der Waals surface area contributed by atoms with E-state index in [9.17, 15) is 0 Å². The van der Waals surface area contributed by atoms with Crippen LogP contribution in [0.2, 0.25) is 0 Å². The van der Waals surface area contributed by atoms with Gasteiger partial charge in [-0.3, -0.25) is 0 Å². The van der Waals surface area contributed by atoms with E-state index in [0.29, 0.717) is 5.92 Å². The Labute approximate surface area is 117 Å². The maximum Gasteiger partial charge on any atom is 0.122 e. The molecule has 0 amide bonds. The number of ether oxygens (including phenoxy) is 1.